The highest BCUT2D eigenvalue weighted by atomic mass is 32.2. The second kappa shape index (κ2) is 7.65. The molecule has 1 heterocycles. The Balaban J connectivity index is 1.70. The van der Waals surface area contributed by atoms with Gasteiger partial charge < -0.3 is 0 Å². The van der Waals surface area contributed by atoms with E-state index in [1.54, 1.807) is 0 Å². The molecule has 28 heavy (non-hydrogen) atoms. The van der Waals surface area contributed by atoms with Gasteiger partial charge in [0, 0.05) is 32.2 Å². The second-order valence-corrected chi connectivity index (χ2v) is 13.0. The minimum Gasteiger partial charge on any atom is -0.213 e. The fourth-order valence-corrected chi connectivity index (χ4v) is 6.67. The van der Waals surface area contributed by atoms with Crippen LogP contribution in [0.1, 0.15) is 25.7 Å². The Labute approximate surface area is 166 Å². The normalized spacial score (nSPS) is 20.5. The molecule has 9 nitrogen and oxygen atoms in total. The summed E-state index contributed by atoms with van der Waals surface area (Å²) < 4.78 is 78.5. The number of piperidine rings is 1. The summed E-state index contributed by atoms with van der Waals surface area (Å²) in [6.45, 7) is 0.409. The van der Waals surface area contributed by atoms with Gasteiger partial charge in [-0.1, -0.05) is 0 Å². The summed E-state index contributed by atoms with van der Waals surface area (Å²) in [6.07, 6.45) is 3.57. The first-order valence-electron chi connectivity index (χ1n) is 8.97. The van der Waals surface area contributed by atoms with Crippen LogP contribution < -0.4 is 4.72 Å². The number of hydrogen-bond acceptors (Lipinski definition) is 6. The van der Waals surface area contributed by atoms with Crippen LogP contribution in [0.15, 0.2) is 34.1 Å². The Morgan fingerprint density at radius 2 is 1.39 bits per heavy atom. The molecule has 158 valence electrons. The van der Waals surface area contributed by atoms with Gasteiger partial charge in [0.15, 0.2) is 0 Å². The Hall–Kier alpha value is -1.05. The van der Waals surface area contributed by atoms with Gasteiger partial charge in [0.2, 0.25) is 30.1 Å². The first-order valence-corrected chi connectivity index (χ1v) is 13.7. The largest absolute Gasteiger partial charge is 0.243 e. The minimum atomic E-state index is -3.77. The lowest BCUT2D eigenvalue weighted by Gasteiger charge is -2.34. The van der Waals surface area contributed by atoms with E-state index in [1.807, 2.05) is 0 Å². The van der Waals surface area contributed by atoms with Gasteiger partial charge in [-0.25, -0.2) is 34.3 Å². The number of sulfonamides is 3. The zero-order chi connectivity index (χ0) is 20.7. The van der Waals surface area contributed by atoms with E-state index in [0.29, 0.717) is 12.8 Å². The van der Waals surface area contributed by atoms with Crippen LogP contribution in [0.25, 0.3) is 0 Å². The van der Waals surface area contributed by atoms with Gasteiger partial charge in [0.05, 0.1) is 16.0 Å². The van der Waals surface area contributed by atoms with Crippen LogP contribution >= 0.6 is 0 Å². The summed E-state index contributed by atoms with van der Waals surface area (Å²) in [5.74, 6) is 0. The van der Waals surface area contributed by atoms with Crippen molar-refractivity contribution in [1.29, 1.82) is 0 Å². The molecule has 1 aromatic carbocycles. The maximum absolute atomic E-state index is 12.8. The zero-order valence-corrected chi connectivity index (χ0v) is 18.2. The maximum Gasteiger partial charge on any atom is 0.243 e. The van der Waals surface area contributed by atoms with E-state index in [2.05, 4.69) is 4.72 Å². The standard InChI is InChI=1S/C16H25N3O6S3/c1-18(26(2,20)21)14-9-11-19(12-10-14)28(24,25)16-7-5-15(6-8-16)27(22,23)17-13-3-4-13/h5-8,13-14,17H,3-4,9-12H2,1-2H3. The summed E-state index contributed by atoms with van der Waals surface area (Å²) in [5, 5.41) is 0. The van der Waals surface area contributed by atoms with E-state index in [0.717, 1.165) is 19.1 Å². The monoisotopic (exact) mass is 451 g/mol. The van der Waals surface area contributed by atoms with Gasteiger partial charge in [0.25, 0.3) is 0 Å². The van der Waals surface area contributed by atoms with E-state index in [4.69, 9.17) is 0 Å². The summed E-state index contributed by atoms with van der Waals surface area (Å²) in [7, 11) is -9.23. The predicted octanol–water partition coefficient (Wildman–Crippen LogP) is 0.172. The zero-order valence-electron chi connectivity index (χ0n) is 15.8. The van der Waals surface area contributed by atoms with Gasteiger partial charge in [-0.3, -0.25) is 0 Å². The van der Waals surface area contributed by atoms with Crippen LogP contribution in [0.5, 0.6) is 0 Å². The quantitative estimate of drug-likeness (QED) is 0.631. The third-order valence-electron chi connectivity index (χ3n) is 5.13. The summed E-state index contributed by atoms with van der Waals surface area (Å²) in [6, 6.07) is 4.92. The lowest BCUT2D eigenvalue weighted by Crippen LogP contribution is -2.46. The molecule has 1 saturated heterocycles. The molecule has 0 atom stereocenters. The third-order valence-corrected chi connectivity index (χ3v) is 9.93. The van der Waals surface area contributed by atoms with Crippen molar-refractivity contribution in [3.63, 3.8) is 0 Å². The molecule has 0 amide bonds. The van der Waals surface area contributed by atoms with E-state index in [1.165, 1.54) is 39.9 Å². The summed E-state index contributed by atoms with van der Waals surface area (Å²) in [4.78, 5) is 0.0552. The number of benzene rings is 1. The lowest BCUT2D eigenvalue weighted by atomic mass is 10.1. The molecule has 1 aliphatic carbocycles. The molecule has 0 aromatic heterocycles. The molecule has 3 rings (SSSR count). The highest BCUT2D eigenvalue weighted by Crippen LogP contribution is 2.26. The molecule has 2 fully saturated rings. The molecule has 0 bridgehead atoms. The Morgan fingerprint density at radius 3 is 1.86 bits per heavy atom. The Kier molecular flexibility index (Phi) is 5.92. The molecule has 0 spiro atoms. The van der Waals surface area contributed by atoms with E-state index < -0.39 is 30.1 Å². The van der Waals surface area contributed by atoms with Crippen molar-refractivity contribution in [2.24, 2.45) is 0 Å². The molecule has 1 aromatic rings. The van der Waals surface area contributed by atoms with Crippen LogP contribution in [0, 0.1) is 0 Å². The maximum atomic E-state index is 12.8. The van der Waals surface area contributed by atoms with Gasteiger partial charge >= 0.3 is 0 Å². The van der Waals surface area contributed by atoms with Gasteiger partial charge in [-0.15, -0.1) is 0 Å². The van der Waals surface area contributed by atoms with Crippen LogP contribution in [0.3, 0.4) is 0 Å². The molecule has 12 heteroatoms. The van der Waals surface area contributed by atoms with Crippen molar-refractivity contribution in [3.8, 4) is 0 Å². The van der Waals surface area contributed by atoms with Crippen molar-refractivity contribution < 1.29 is 25.3 Å². The second-order valence-electron chi connectivity index (χ2n) is 7.28. The smallest absolute Gasteiger partial charge is 0.213 e. The number of hydrogen-bond donors (Lipinski definition) is 1. The van der Waals surface area contributed by atoms with Gasteiger partial charge in [0.1, 0.15) is 0 Å². The summed E-state index contributed by atoms with van der Waals surface area (Å²) in [5.41, 5.74) is 0. The predicted molar refractivity (Wildman–Crippen MR) is 104 cm³/mol. The van der Waals surface area contributed by atoms with Crippen molar-refractivity contribution in [2.45, 2.75) is 47.6 Å². The average molecular weight is 452 g/mol. The molecule has 1 N–H and O–H groups in total. The van der Waals surface area contributed by atoms with Crippen LogP contribution in [-0.4, -0.2) is 72.3 Å². The van der Waals surface area contributed by atoms with Gasteiger partial charge in [-0.2, -0.15) is 4.31 Å². The van der Waals surface area contributed by atoms with E-state index >= 15 is 0 Å². The lowest BCUT2D eigenvalue weighted by molar-refractivity contribution is 0.239. The first kappa shape index (κ1) is 21.7. The molecule has 1 aliphatic heterocycles. The number of rotatable bonds is 7. The van der Waals surface area contributed by atoms with Gasteiger partial charge in [-0.05, 0) is 49.9 Å². The highest BCUT2D eigenvalue weighted by molar-refractivity contribution is 7.90. The van der Waals surface area contributed by atoms with Crippen LogP contribution in [0.2, 0.25) is 0 Å². The molecular weight excluding hydrogens is 426 g/mol. The Morgan fingerprint density at radius 1 is 0.893 bits per heavy atom. The third kappa shape index (κ3) is 4.74. The molecule has 1 saturated carbocycles. The number of nitrogens with one attached hydrogen (secondary N) is 1. The van der Waals surface area contributed by atoms with Crippen LogP contribution in [0.4, 0.5) is 0 Å². The topological polar surface area (TPSA) is 121 Å². The van der Waals surface area contributed by atoms with E-state index in [9.17, 15) is 25.3 Å². The van der Waals surface area contributed by atoms with Crippen molar-refractivity contribution >= 4 is 30.1 Å². The fourth-order valence-electron chi connectivity index (χ4n) is 3.15. The highest BCUT2D eigenvalue weighted by Gasteiger charge is 2.33. The molecular formula is C16H25N3O6S3. The first-order chi connectivity index (χ1) is 12.9. The summed E-state index contributed by atoms with van der Waals surface area (Å²) >= 11 is 0. The SMILES string of the molecule is CN(C1CCN(S(=O)(=O)c2ccc(S(=O)(=O)NC3CC3)cc2)CC1)S(C)(=O)=O. The molecule has 0 radical (unpaired) electrons. The van der Waals surface area contributed by atoms with Crippen molar-refractivity contribution in [2.75, 3.05) is 26.4 Å². The number of nitrogens with zero attached hydrogens (tertiary/aromatic N) is 2. The molecule has 0 unspecified atom stereocenters. The molecule has 2 aliphatic rings. The fraction of sp³-hybridized carbons (Fsp3) is 0.625. The average Bonchev–Trinajstić information content (AvgIpc) is 3.44. The van der Waals surface area contributed by atoms with Crippen molar-refractivity contribution in [1.82, 2.24) is 13.3 Å². The van der Waals surface area contributed by atoms with E-state index in [-0.39, 0.29) is 35.0 Å². The van der Waals surface area contributed by atoms with Crippen LogP contribution in [-0.2, 0) is 30.1 Å². The minimum absolute atomic E-state index is 0.0211. The Bertz CT molecular complexity index is 1020. The van der Waals surface area contributed by atoms with Crippen molar-refractivity contribution in [3.05, 3.63) is 24.3 Å².